The Bertz CT molecular complexity index is 925. The van der Waals surface area contributed by atoms with Crippen LogP contribution in [-0.2, 0) is 6.61 Å². The lowest BCUT2D eigenvalue weighted by Crippen LogP contribution is -2.15. The third kappa shape index (κ3) is 5.72. The van der Waals surface area contributed by atoms with Gasteiger partial charge in [0.25, 0.3) is 5.91 Å². The van der Waals surface area contributed by atoms with Gasteiger partial charge in [-0.3, -0.25) is 9.78 Å². The molecule has 144 valence electrons. The Balaban J connectivity index is 1.57. The van der Waals surface area contributed by atoms with E-state index in [9.17, 15) is 4.79 Å². The number of pyridine rings is 1. The third-order valence-corrected chi connectivity index (χ3v) is 4.13. The third-order valence-electron chi connectivity index (χ3n) is 3.88. The van der Waals surface area contributed by atoms with Crippen LogP contribution in [0.1, 0.15) is 29.9 Å². The molecule has 6 heteroatoms. The van der Waals surface area contributed by atoms with Gasteiger partial charge in [0.05, 0.1) is 0 Å². The van der Waals surface area contributed by atoms with Crippen molar-refractivity contribution in [3.05, 3.63) is 83.1 Å². The number of halogens is 1. The summed E-state index contributed by atoms with van der Waals surface area (Å²) < 4.78 is 5.75. The number of nitrogens with one attached hydrogen (secondary N) is 2. The van der Waals surface area contributed by atoms with Crippen molar-refractivity contribution in [2.24, 2.45) is 0 Å². The summed E-state index contributed by atoms with van der Waals surface area (Å²) in [6.07, 6.45) is 1.62. The van der Waals surface area contributed by atoms with E-state index in [0.717, 1.165) is 11.3 Å². The average molecular weight is 396 g/mol. The van der Waals surface area contributed by atoms with Crippen LogP contribution in [0.5, 0.6) is 5.75 Å². The highest BCUT2D eigenvalue weighted by atomic mass is 35.5. The summed E-state index contributed by atoms with van der Waals surface area (Å²) in [4.78, 5) is 16.6. The first kappa shape index (κ1) is 19.7. The Kier molecular flexibility index (Phi) is 6.50. The maximum atomic E-state index is 12.4. The fraction of sp³-hybridized carbons (Fsp3) is 0.182. The van der Waals surface area contributed by atoms with E-state index >= 15 is 0 Å². The van der Waals surface area contributed by atoms with Crippen molar-refractivity contribution >= 4 is 28.9 Å². The first-order valence-electron chi connectivity index (χ1n) is 9.01. The maximum absolute atomic E-state index is 12.4. The number of carbonyl (C=O) groups is 1. The molecule has 1 heterocycles. The number of hydrogen-bond donors (Lipinski definition) is 2. The molecule has 1 amide bonds. The summed E-state index contributed by atoms with van der Waals surface area (Å²) in [5.74, 6) is 0.455. The first-order valence-corrected chi connectivity index (χ1v) is 9.38. The second kappa shape index (κ2) is 9.24. The second-order valence-electron chi connectivity index (χ2n) is 6.62. The van der Waals surface area contributed by atoms with Gasteiger partial charge in [0.1, 0.15) is 18.1 Å². The number of anilines is 2. The van der Waals surface area contributed by atoms with Crippen LogP contribution in [0.15, 0.2) is 66.9 Å². The number of carbonyl (C=O) groups excluding carboxylic acids is 1. The van der Waals surface area contributed by atoms with Crippen LogP contribution in [0.4, 0.5) is 11.4 Å². The van der Waals surface area contributed by atoms with Crippen LogP contribution >= 0.6 is 11.6 Å². The van der Waals surface area contributed by atoms with E-state index in [2.05, 4.69) is 15.6 Å². The van der Waals surface area contributed by atoms with E-state index < -0.39 is 0 Å². The summed E-state index contributed by atoms with van der Waals surface area (Å²) in [5, 5.41) is 6.80. The smallest absolute Gasteiger partial charge is 0.274 e. The molecule has 0 aliphatic heterocycles. The Hall–Kier alpha value is -3.05. The zero-order valence-corrected chi connectivity index (χ0v) is 16.5. The Morgan fingerprint density at radius 3 is 2.43 bits per heavy atom. The molecular formula is C22H22ClN3O2. The molecular weight excluding hydrogens is 374 g/mol. The van der Waals surface area contributed by atoms with Gasteiger partial charge in [-0.2, -0.15) is 0 Å². The first-order chi connectivity index (χ1) is 13.5. The van der Waals surface area contributed by atoms with E-state index in [-0.39, 0.29) is 11.9 Å². The van der Waals surface area contributed by atoms with E-state index in [0.29, 0.717) is 28.8 Å². The maximum Gasteiger partial charge on any atom is 0.274 e. The van der Waals surface area contributed by atoms with Crippen LogP contribution < -0.4 is 15.4 Å². The van der Waals surface area contributed by atoms with Crippen LogP contribution in [0.2, 0.25) is 5.02 Å². The molecule has 0 aliphatic rings. The molecule has 0 saturated heterocycles. The van der Waals surface area contributed by atoms with Crippen molar-refractivity contribution in [3.63, 3.8) is 0 Å². The Labute approximate surface area is 169 Å². The van der Waals surface area contributed by atoms with Gasteiger partial charge < -0.3 is 15.4 Å². The van der Waals surface area contributed by atoms with Crippen molar-refractivity contribution in [1.29, 1.82) is 0 Å². The van der Waals surface area contributed by atoms with E-state index in [1.54, 1.807) is 24.4 Å². The summed E-state index contributed by atoms with van der Waals surface area (Å²) in [5.41, 5.74) is 2.92. The van der Waals surface area contributed by atoms with Gasteiger partial charge in [0, 0.05) is 28.6 Å². The monoisotopic (exact) mass is 395 g/mol. The number of rotatable bonds is 7. The molecule has 0 spiro atoms. The number of nitrogens with zero attached hydrogens (tertiary/aromatic N) is 1. The fourth-order valence-corrected chi connectivity index (χ4v) is 2.68. The van der Waals surface area contributed by atoms with Crippen LogP contribution in [-0.4, -0.2) is 16.9 Å². The standard InChI is InChI=1S/C22H22ClN3O2/c1-15(2)25-19-11-12-24-21(13-19)22(27)26-18-7-9-20(10-8-18)28-14-16-3-5-17(23)6-4-16/h3-13,15H,14H2,1-2H3,(H,24,25)(H,26,27). The van der Waals surface area contributed by atoms with Crippen molar-refractivity contribution < 1.29 is 9.53 Å². The number of amides is 1. The largest absolute Gasteiger partial charge is 0.489 e. The van der Waals surface area contributed by atoms with Crippen LogP contribution in [0, 0.1) is 0 Å². The van der Waals surface area contributed by atoms with Crippen LogP contribution in [0.25, 0.3) is 0 Å². The van der Waals surface area contributed by atoms with Gasteiger partial charge in [-0.15, -0.1) is 0 Å². The van der Waals surface area contributed by atoms with E-state index in [1.807, 2.05) is 56.3 Å². The molecule has 0 saturated carbocycles. The van der Waals surface area contributed by atoms with Crippen molar-refractivity contribution in [2.75, 3.05) is 10.6 Å². The minimum Gasteiger partial charge on any atom is -0.489 e. The number of hydrogen-bond acceptors (Lipinski definition) is 4. The summed E-state index contributed by atoms with van der Waals surface area (Å²) in [6, 6.07) is 18.6. The highest BCUT2D eigenvalue weighted by molar-refractivity contribution is 6.30. The molecule has 2 aromatic carbocycles. The van der Waals surface area contributed by atoms with Crippen LogP contribution in [0.3, 0.4) is 0 Å². The topological polar surface area (TPSA) is 63.2 Å². The van der Waals surface area contributed by atoms with Crippen molar-refractivity contribution in [2.45, 2.75) is 26.5 Å². The molecule has 28 heavy (non-hydrogen) atoms. The average Bonchev–Trinajstić information content (AvgIpc) is 2.68. The molecule has 3 rings (SSSR count). The zero-order valence-electron chi connectivity index (χ0n) is 15.8. The molecule has 1 aromatic heterocycles. The minimum absolute atomic E-state index is 0.262. The molecule has 0 atom stereocenters. The minimum atomic E-state index is -0.262. The zero-order chi connectivity index (χ0) is 19.9. The summed E-state index contributed by atoms with van der Waals surface area (Å²) >= 11 is 5.88. The van der Waals surface area contributed by atoms with Gasteiger partial charge in [0.15, 0.2) is 0 Å². The van der Waals surface area contributed by atoms with E-state index in [1.165, 1.54) is 0 Å². The predicted molar refractivity (Wildman–Crippen MR) is 113 cm³/mol. The van der Waals surface area contributed by atoms with Gasteiger partial charge in [-0.25, -0.2) is 0 Å². The Morgan fingerprint density at radius 2 is 1.75 bits per heavy atom. The lowest BCUT2D eigenvalue weighted by atomic mass is 10.2. The van der Waals surface area contributed by atoms with Crippen molar-refractivity contribution in [1.82, 2.24) is 4.98 Å². The van der Waals surface area contributed by atoms with E-state index in [4.69, 9.17) is 16.3 Å². The highest BCUT2D eigenvalue weighted by Gasteiger charge is 2.09. The number of ether oxygens (including phenoxy) is 1. The lowest BCUT2D eigenvalue weighted by Gasteiger charge is -2.11. The molecule has 0 fully saturated rings. The normalized spacial score (nSPS) is 10.6. The number of aromatic nitrogens is 1. The molecule has 0 bridgehead atoms. The predicted octanol–water partition coefficient (Wildman–Crippen LogP) is 5.39. The molecule has 2 N–H and O–H groups in total. The fourth-order valence-electron chi connectivity index (χ4n) is 2.55. The lowest BCUT2D eigenvalue weighted by molar-refractivity contribution is 0.102. The van der Waals surface area contributed by atoms with Gasteiger partial charge >= 0.3 is 0 Å². The van der Waals surface area contributed by atoms with Gasteiger partial charge in [-0.1, -0.05) is 23.7 Å². The highest BCUT2D eigenvalue weighted by Crippen LogP contribution is 2.19. The van der Waals surface area contributed by atoms with Crippen molar-refractivity contribution in [3.8, 4) is 5.75 Å². The molecule has 0 aliphatic carbocycles. The summed E-state index contributed by atoms with van der Waals surface area (Å²) in [6.45, 7) is 4.52. The molecule has 3 aromatic rings. The molecule has 5 nitrogen and oxygen atoms in total. The quantitative estimate of drug-likeness (QED) is 0.563. The Morgan fingerprint density at radius 1 is 1.04 bits per heavy atom. The number of benzene rings is 2. The molecule has 0 radical (unpaired) electrons. The summed E-state index contributed by atoms with van der Waals surface area (Å²) in [7, 11) is 0. The second-order valence-corrected chi connectivity index (χ2v) is 7.06. The molecule has 0 unspecified atom stereocenters. The SMILES string of the molecule is CC(C)Nc1ccnc(C(=O)Nc2ccc(OCc3ccc(Cl)cc3)cc2)c1. The van der Waals surface area contributed by atoms with Gasteiger partial charge in [0.2, 0.25) is 0 Å². The van der Waals surface area contributed by atoms with Gasteiger partial charge in [-0.05, 0) is 67.9 Å².